The second-order valence-electron chi connectivity index (χ2n) is 14.3. The van der Waals surface area contributed by atoms with E-state index in [1.54, 1.807) is 0 Å². The molecule has 0 fully saturated rings. The third-order valence-corrected chi connectivity index (χ3v) is 12.2. The predicted octanol–water partition coefficient (Wildman–Crippen LogP) is 11.6. The van der Waals surface area contributed by atoms with Crippen LogP contribution in [0.4, 0.5) is 0 Å². The number of hydrogen-bond acceptors (Lipinski definition) is 4. The maximum Gasteiger partial charge on any atom is 0.238 e. The quantitative estimate of drug-likeness (QED) is 0.171. The van der Waals surface area contributed by atoms with Gasteiger partial charge < -0.3 is 0 Å². The average Bonchev–Trinajstić information content (AvgIpc) is 3.82. The summed E-state index contributed by atoms with van der Waals surface area (Å²) >= 11 is 1.92. The predicted molar refractivity (Wildman–Crippen MR) is 233 cm³/mol. The number of thiophene rings is 1. The summed E-state index contributed by atoms with van der Waals surface area (Å²) in [6.45, 7) is 0. The molecule has 11 rings (SSSR count). The molecule has 4 nitrogen and oxygen atoms in total. The van der Waals surface area contributed by atoms with E-state index in [0.717, 1.165) is 40.6 Å². The molecule has 0 saturated carbocycles. The Morgan fingerprint density at radius 3 is 1.70 bits per heavy atom. The van der Waals surface area contributed by atoms with E-state index >= 15 is 0 Å². The third kappa shape index (κ3) is 5.55. The van der Waals surface area contributed by atoms with Gasteiger partial charge in [-0.25, -0.2) is 4.98 Å². The first-order valence-electron chi connectivity index (χ1n) is 19.1. The molecule has 5 heteroatoms. The average molecular weight is 735 g/mol. The van der Waals surface area contributed by atoms with Crippen molar-refractivity contribution in [3.63, 3.8) is 0 Å². The van der Waals surface area contributed by atoms with Crippen LogP contribution in [0.2, 0.25) is 0 Å². The molecule has 0 N–H and O–H groups in total. The van der Waals surface area contributed by atoms with E-state index in [2.05, 4.69) is 162 Å². The van der Waals surface area contributed by atoms with Crippen molar-refractivity contribution in [2.75, 3.05) is 0 Å². The zero-order chi connectivity index (χ0) is 37.0. The highest BCUT2D eigenvalue weighted by Gasteiger charge is 2.20. The lowest BCUT2D eigenvalue weighted by Gasteiger charge is -2.12. The SMILES string of the molecule is C1=c2c(sc3ccc(-c4ccccc4)cc23)=C(c2ccc3c(c2)c2ccccc2n3-c2nc(-c3ccccc3)nc(-c3ccc(-c4ccccc4)cc3)n2)CC1. The van der Waals surface area contributed by atoms with Crippen LogP contribution in [0.15, 0.2) is 176 Å². The lowest BCUT2D eigenvalue weighted by molar-refractivity contribution is 0.953. The van der Waals surface area contributed by atoms with Crippen LogP contribution in [0, 0.1) is 0 Å². The van der Waals surface area contributed by atoms with E-state index < -0.39 is 0 Å². The van der Waals surface area contributed by atoms with Gasteiger partial charge in [0.15, 0.2) is 11.6 Å². The van der Waals surface area contributed by atoms with Gasteiger partial charge in [-0.15, -0.1) is 11.3 Å². The molecule has 3 aromatic heterocycles. The normalized spacial score (nSPS) is 12.6. The zero-order valence-corrected chi connectivity index (χ0v) is 31.2. The third-order valence-electron chi connectivity index (χ3n) is 11.0. The maximum atomic E-state index is 5.20. The van der Waals surface area contributed by atoms with Crippen molar-refractivity contribution >= 4 is 54.9 Å². The molecule has 3 heterocycles. The van der Waals surface area contributed by atoms with Crippen molar-refractivity contribution in [1.82, 2.24) is 19.5 Å². The minimum Gasteiger partial charge on any atom is -0.278 e. The fourth-order valence-corrected chi connectivity index (χ4v) is 9.51. The van der Waals surface area contributed by atoms with E-state index in [4.69, 9.17) is 15.0 Å². The van der Waals surface area contributed by atoms with Crippen LogP contribution < -0.4 is 9.75 Å². The van der Waals surface area contributed by atoms with Gasteiger partial charge >= 0.3 is 0 Å². The molecule has 0 aliphatic heterocycles. The minimum atomic E-state index is 0.598. The Morgan fingerprint density at radius 1 is 0.429 bits per heavy atom. The van der Waals surface area contributed by atoms with Crippen molar-refractivity contribution < 1.29 is 0 Å². The second kappa shape index (κ2) is 13.4. The molecule has 56 heavy (non-hydrogen) atoms. The van der Waals surface area contributed by atoms with E-state index in [1.807, 2.05) is 35.6 Å². The van der Waals surface area contributed by atoms with Gasteiger partial charge in [0.25, 0.3) is 0 Å². The Morgan fingerprint density at radius 2 is 0.964 bits per heavy atom. The molecule has 0 spiro atoms. The number of para-hydroxylation sites is 1. The molecule has 0 bridgehead atoms. The van der Waals surface area contributed by atoms with Crippen LogP contribution in [0.25, 0.3) is 94.5 Å². The Balaban J connectivity index is 1.08. The number of fused-ring (bicyclic) bond motifs is 6. The minimum absolute atomic E-state index is 0.598. The van der Waals surface area contributed by atoms with Gasteiger partial charge in [-0.1, -0.05) is 152 Å². The molecule has 1 aliphatic carbocycles. The van der Waals surface area contributed by atoms with Crippen LogP contribution in [0.3, 0.4) is 0 Å². The number of hydrogen-bond donors (Lipinski definition) is 0. The summed E-state index contributed by atoms with van der Waals surface area (Å²) in [4.78, 5) is 15.4. The van der Waals surface area contributed by atoms with Crippen molar-refractivity contribution in [3.8, 4) is 51.0 Å². The summed E-state index contributed by atoms with van der Waals surface area (Å²) in [6, 6.07) is 62.3. The van der Waals surface area contributed by atoms with E-state index in [9.17, 15) is 0 Å². The summed E-state index contributed by atoms with van der Waals surface area (Å²) in [5, 5.41) is 5.07. The van der Waals surface area contributed by atoms with Crippen LogP contribution >= 0.6 is 11.3 Å². The van der Waals surface area contributed by atoms with Crippen molar-refractivity contribution in [2.45, 2.75) is 12.8 Å². The van der Waals surface area contributed by atoms with Crippen LogP contribution in [0.1, 0.15) is 18.4 Å². The largest absolute Gasteiger partial charge is 0.278 e. The number of benzene rings is 7. The number of rotatable bonds is 6. The molecule has 0 unspecified atom stereocenters. The van der Waals surface area contributed by atoms with Gasteiger partial charge in [-0.05, 0) is 81.8 Å². The van der Waals surface area contributed by atoms with E-state index in [-0.39, 0.29) is 0 Å². The van der Waals surface area contributed by atoms with Gasteiger partial charge in [0, 0.05) is 36.5 Å². The first kappa shape index (κ1) is 32.5. The summed E-state index contributed by atoms with van der Waals surface area (Å²) in [7, 11) is 0. The van der Waals surface area contributed by atoms with Gasteiger partial charge in [-0.3, -0.25) is 4.57 Å². The van der Waals surface area contributed by atoms with E-state index in [1.165, 1.54) is 58.4 Å². The molecule has 0 atom stereocenters. The van der Waals surface area contributed by atoms with Gasteiger partial charge in [0.2, 0.25) is 5.95 Å². The first-order chi connectivity index (χ1) is 27.7. The summed E-state index contributed by atoms with van der Waals surface area (Å²) < 4.78 is 4.92. The first-order valence-corrected chi connectivity index (χ1v) is 19.9. The molecular formula is C51H34N4S. The topological polar surface area (TPSA) is 43.6 Å². The molecule has 0 amide bonds. The van der Waals surface area contributed by atoms with Crippen molar-refractivity contribution in [3.05, 3.63) is 191 Å². The maximum absolute atomic E-state index is 5.20. The highest BCUT2D eigenvalue weighted by Crippen LogP contribution is 2.35. The van der Waals surface area contributed by atoms with Crippen LogP contribution in [-0.2, 0) is 0 Å². The Labute approximate surface area is 328 Å². The summed E-state index contributed by atoms with van der Waals surface area (Å²) in [5.74, 6) is 1.88. The van der Waals surface area contributed by atoms with Crippen LogP contribution in [0.5, 0.6) is 0 Å². The Kier molecular flexibility index (Phi) is 7.78. The molecule has 1 aliphatic rings. The second-order valence-corrected chi connectivity index (χ2v) is 15.4. The standard InChI is InChI=1S/C51H34N4S/c1-4-13-33(14-5-1)35-23-25-37(26-24-35)50-52-49(36-17-8-3-9-18-36)53-51(54-50)55-45-22-11-10-19-41(45)43-32-39(27-29-46(43)55)40-20-12-21-42-44-31-38(34-15-6-2-7-16-34)28-30-47(44)56-48(40)42/h1-11,13-19,21-32H,12,20H2. The fourth-order valence-electron chi connectivity index (χ4n) is 8.23. The number of nitrogens with zero attached hydrogens (tertiary/aromatic N) is 4. The molecule has 0 radical (unpaired) electrons. The lowest BCUT2D eigenvalue weighted by Crippen LogP contribution is -2.25. The van der Waals surface area contributed by atoms with Crippen LogP contribution in [-0.4, -0.2) is 19.5 Å². The van der Waals surface area contributed by atoms with Crippen molar-refractivity contribution in [1.29, 1.82) is 0 Å². The molecule has 264 valence electrons. The zero-order valence-electron chi connectivity index (χ0n) is 30.4. The molecule has 7 aromatic carbocycles. The molecule has 10 aromatic rings. The highest BCUT2D eigenvalue weighted by atomic mass is 32.1. The summed E-state index contributed by atoms with van der Waals surface area (Å²) in [5.41, 5.74) is 11.5. The Bertz CT molecular complexity index is 3220. The van der Waals surface area contributed by atoms with Crippen molar-refractivity contribution in [2.24, 2.45) is 0 Å². The number of aromatic nitrogens is 4. The summed E-state index contributed by atoms with van der Waals surface area (Å²) in [6.07, 6.45) is 4.47. The fraction of sp³-hybridized carbons (Fsp3) is 0.0392. The van der Waals surface area contributed by atoms with Gasteiger partial charge in [0.05, 0.1) is 11.0 Å². The molecular weight excluding hydrogens is 701 g/mol. The molecule has 0 saturated heterocycles. The smallest absolute Gasteiger partial charge is 0.238 e. The van der Waals surface area contributed by atoms with Gasteiger partial charge in [0.1, 0.15) is 0 Å². The monoisotopic (exact) mass is 734 g/mol. The lowest BCUT2D eigenvalue weighted by atomic mass is 9.95. The Hall–Kier alpha value is -6.95. The van der Waals surface area contributed by atoms with Gasteiger partial charge in [-0.2, -0.15) is 9.97 Å². The highest BCUT2D eigenvalue weighted by molar-refractivity contribution is 7.17. The van der Waals surface area contributed by atoms with E-state index in [0.29, 0.717) is 17.6 Å².